The maximum atomic E-state index is 12.6. The molecular formula is C19H18F3N5O4S. The minimum Gasteiger partial charge on any atom is -0.492 e. The summed E-state index contributed by atoms with van der Waals surface area (Å²) < 4.78 is 71.4. The van der Waals surface area contributed by atoms with Gasteiger partial charge in [0.25, 0.3) is 15.9 Å². The van der Waals surface area contributed by atoms with E-state index in [1.54, 1.807) is 28.5 Å². The lowest BCUT2D eigenvalue weighted by atomic mass is 10.2. The van der Waals surface area contributed by atoms with Crippen LogP contribution in [0.1, 0.15) is 10.4 Å². The van der Waals surface area contributed by atoms with Gasteiger partial charge >= 0.3 is 6.18 Å². The summed E-state index contributed by atoms with van der Waals surface area (Å²) in [6.07, 6.45) is -1.60. The highest BCUT2D eigenvalue weighted by Gasteiger charge is 2.28. The molecule has 0 aliphatic heterocycles. The molecule has 0 saturated carbocycles. The molecule has 0 bridgehead atoms. The Balaban J connectivity index is 1.61. The quantitative estimate of drug-likeness (QED) is 0.498. The highest BCUT2D eigenvalue weighted by molar-refractivity contribution is 7.92. The number of hydrogen-bond donors (Lipinski definition) is 2. The first kappa shape index (κ1) is 23.1. The van der Waals surface area contributed by atoms with Gasteiger partial charge in [-0.05, 0) is 36.4 Å². The average molecular weight is 469 g/mol. The van der Waals surface area contributed by atoms with Crippen LogP contribution in [0.2, 0.25) is 0 Å². The number of nitrogens with zero attached hydrogens (tertiary/aromatic N) is 3. The van der Waals surface area contributed by atoms with E-state index < -0.39 is 28.7 Å². The minimum atomic E-state index is -4.54. The molecule has 1 heterocycles. The Kier molecular flexibility index (Phi) is 6.98. The number of ether oxygens (including phenoxy) is 1. The van der Waals surface area contributed by atoms with Crippen molar-refractivity contribution in [2.75, 3.05) is 17.9 Å². The lowest BCUT2D eigenvalue weighted by Crippen LogP contribution is -2.33. The van der Waals surface area contributed by atoms with Crippen LogP contribution in [0, 0.1) is 0 Å². The van der Waals surface area contributed by atoms with Gasteiger partial charge in [-0.15, -0.1) is 0 Å². The third kappa shape index (κ3) is 6.70. The van der Waals surface area contributed by atoms with E-state index >= 15 is 0 Å². The molecule has 0 atom stereocenters. The Hall–Kier alpha value is -3.61. The molecule has 3 aromatic rings. The van der Waals surface area contributed by atoms with Gasteiger partial charge < -0.3 is 10.1 Å². The van der Waals surface area contributed by atoms with Gasteiger partial charge in [0.15, 0.2) is 0 Å². The molecular weight excluding hydrogens is 451 g/mol. The molecule has 0 aliphatic rings. The summed E-state index contributed by atoms with van der Waals surface area (Å²) in [7, 11) is -4.00. The molecule has 0 fully saturated rings. The third-order valence-corrected chi connectivity index (χ3v) is 5.42. The third-order valence-electron chi connectivity index (χ3n) is 4.02. The molecule has 9 nitrogen and oxygen atoms in total. The van der Waals surface area contributed by atoms with Crippen molar-refractivity contribution < 1.29 is 31.1 Å². The van der Waals surface area contributed by atoms with Crippen molar-refractivity contribution in [3.05, 3.63) is 66.7 Å². The van der Waals surface area contributed by atoms with Crippen molar-refractivity contribution in [3.63, 3.8) is 0 Å². The monoisotopic (exact) mass is 469 g/mol. The van der Waals surface area contributed by atoms with Crippen LogP contribution in [0.5, 0.6) is 5.75 Å². The molecule has 0 unspecified atom stereocenters. The van der Waals surface area contributed by atoms with Crippen LogP contribution >= 0.6 is 0 Å². The van der Waals surface area contributed by atoms with Crippen LogP contribution < -0.4 is 14.8 Å². The van der Waals surface area contributed by atoms with Gasteiger partial charge in [-0.3, -0.25) is 9.52 Å². The van der Waals surface area contributed by atoms with Crippen molar-refractivity contribution in [1.29, 1.82) is 0 Å². The maximum absolute atomic E-state index is 12.6. The molecule has 3 rings (SSSR count). The van der Waals surface area contributed by atoms with Crippen molar-refractivity contribution >= 4 is 21.6 Å². The van der Waals surface area contributed by atoms with Gasteiger partial charge in [0, 0.05) is 11.6 Å². The van der Waals surface area contributed by atoms with Crippen molar-refractivity contribution in [1.82, 2.24) is 20.1 Å². The summed E-state index contributed by atoms with van der Waals surface area (Å²) in [5.74, 6) is -0.531. The molecule has 0 aliphatic carbocycles. The number of aromatic nitrogens is 3. The fourth-order valence-corrected chi connectivity index (χ4v) is 3.59. The van der Waals surface area contributed by atoms with Gasteiger partial charge in [-0.25, -0.2) is 18.1 Å². The zero-order valence-electron chi connectivity index (χ0n) is 16.4. The van der Waals surface area contributed by atoms with E-state index in [9.17, 15) is 26.4 Å². The first-order chi connectivity index (χ1) is 15.1. The predicted molar refractivity (Wildman–Crippen MR) is 108 cm³/mol. The van der Waals surface area contributed by atoms with Crippen LogP contribution in [0.3, 0.4) is 0 Å². The number of hydrogen-bond acceptors (Lipinski definition) is 6. The summed E-state index contributed by atoms with van der Waals surface area (Å²) >= 11 is 0. The normalized spacial score (nSPS) is 11.7. The molecule has 2 N–H and O–H groups in total. The Morgan fingerprint density at radius 1 is 1.12 bits per heavy atom. The van der Waals surface area contributed by atoms with E-state index in [1.165, 1.54) is 18.5 Å². The van der Waals surface area contributed by atoms with E-state index in [0.29, 0.717) is 12.3 Å². The van der Waals surface area contributed by atoms with Crippen LogP contribution in [0.4, 0.5) is 18.9 Å². The Bertz CT molecular complexity index is 1150. The zero-order chi connectivity index (χ0) is 23.2. The summed E-state index contributed by atoms with van der Waals surface area (Å²) in [5, 5.41) is 5.66. The predicted octanol–water partition coefficient (Wildman–Crippen LogP) is 2.45. The Morgan fingerprint density at radius 2 is 1.88 bits per heavy atom. The van der Waals surface area contributed by atoms with Crippen LogP contribution in [0.15, 0.2) is 66.1 Å². The van der Waals surface area contributed by atoms with E-state index in [4.69, 9.17) is 4.74 Å². The number of sulfonamides is 1. The number of carbonyl (C=O) groups excluding carboxylic acids is 1. The molecule has 0 spiro atoms. The number of amides is 1. The highest BCUT2D eigenvalue weighted by atomic mass is 32.2. The number of nitrogens with one attached hydrogen (secondary N) is 2. The number of halogens is 3. The van der Waals surface area contributed by atoms with Crippen molar-refractivity contribution in [3.8, 4) is 5.75 Å². The lowest BCUT2D eigenvalue weighted by molar-refractivity contribution is -0.123. The van der Waals surface area contributed by atoms with Gasteiger partial charge in [0.05, 0.1) is 17.1 Å². The number of alkyl halides is 3. The summed E-state index contributed by atoms with van der Waals surface area (Å²) in [6, 6.07) is 10.8. The van der Waals surface area contributed by atoms with Crippen LogP contribution in [-0.4, -0.2) is 48.4 Å². The second-order valence-corrected chi connectivity index (χ2v) is 8.14. The minimum absolute atomic E-state index is 0.101. The van der Waals surface area contributed by atoms with Crippen molar-refractivity contribution in [2.45, 2.75) is 17.6 Å². The van der Waals surface area contributed by atoms with E-state index in [-0.39, 0.29) is 22.8 Å². The fraction of sp³-hybridized carbons (Fsp3) is 0.211. The maximum Gasteiger partial charge on any atom is 0.405 e. The molecule has 32 heavy (non-hydrogen) atoms. The molecule has 0 saturated heterocycles. The first-order valence-corrected chi connectivity index (χ1v) is 10.6. The number of rotatable bonds is 9. The lowest BCUT2D eigenvalue weighted by Gasteiger charge is -2.11. The molecule has 170 valence electrons. The average Bonchev–Trinajstić information content (AvgIpc) is 3.25. The Labute approximate surface area is 181 Å². The zero-order valence-corrected chi connectivity index (χ0v) is 17.2. The van der Waals surface area contributed by atoms with Crippen LogP contribution in [0.25, 0.3) is 0 Å². The number of carbonyl (C=O) groups is 1. The molecule has 1 aromatic heterocycles. The molecule has 0 radical (unpaired) electrons. The Morgan fingerprint density at radius 3 is 2.53 bits per heavy atom. The number of anilines is 1. The SMILES string of the molecule is O=C(NCC(F)(F)F)c1ccc(S(=O)(=O)Nc2cccc(OCCn3cncn3)c2)cc1. The van der Waals surface area contributed by atoms with Crippen molar-refractivity contribution in [2.24, 2.45) is 0 Å². The summed E-state index contributed by atoms with van der Waals surface area (Å²) in [4.78, 5) is 15.4. The summed E-state index contributed by atoms with van der Waals surface area (Å²) in [5.41, 5.74) is 0.145. The van der Waals surface area contributed by atoms with Gasteiger partial charge in [-0.1, -0.05) is 6.07 Å². The molecule has 13 heteroatoms. The molecule has 2 aromatic carbocycles. The van der Waals surface area contributed by atoms with E-state index in [0.717, 1.165) is 24.3 Å². The van der Waals surface area contributed by atoms with Crippen LogP contribution in [-0.2, 0) is 16.6 Å². The summed E-state index contributed by atoms with van der Waals surface area (Å²) in [6.45, 7) is -0.735. The van der Waals surface area contributed by atoms with Gasteiger partial charge in [0.1, 0.15) is 31.6 Å². The number of benzene rings is 2. The topological polar surface area (TPSA) is 115 Å². The standard InChI is InChI=1S/C19H18F3N5O4S/c20-19(21,22)11-24-18(28)14-4-6-17(7-5-14)32(29,30)26-15-2-1-3-16(10-15)31-9-8-27-13-23-12-25-27/h1-7,10,12-13,26H,8-9,11H2,(H,24,28). The largest absolute Gasteiger partial charge is 0.492 e. The molecule has 1 amide bonds. The van der Waals surface area contributed by atoms with Gasteiger partial charge in [-0.2, -0.15) is 18.3 Å². The highest BCUT2D eigenvalue weighted by Crippen LogP contribution is 2.21. The second kappa shape index (κ2) is 9.68. The fourth-order valence-electron chi connectivity index (χ4n) is 2.54. The smallest absolute Gasteiger partial charge is 0.405 e. The first-order valence-electron chi connectivity index (χ1n) is 9.15. The van der Waals surface area contributed by atoms with E-state index in [1.807, 2.05) is 0 Å². The van der Waals surface area contributed by atoms with Gasteiger partial charge in [0.2, 0.25) is 0 Å². The second-order valence-electron chi connectivity index (χ2n) is 6.46. The van der Waals surface area contributed by atoms with E-state index in [2.05, 4.69) is 14.8 Å².